The number of unbranched alkanes of at least 4 members (excludes halogenated alkanes) is 2. The third-order valence-corrected chi connectivity index (χ3v) is 19.3. The summed E-state index contributed by atoms with van der Waals surface area (Å²) in [7, 11) is -0.297. The first kappa shape index (κ1) is 14.0. The standard InChI is InChI=1S/C12H27BrSi2/c1-3-5-8-14-9-7-11-15(13,12-14)10-6-4-2/h14H,3-12H2,1-2H3. The molecule has 0 aromatic rings. The molecule has 1 fully saturated rings. The fraction of sp³-hybridized carbons (Fsp3) is 1.00. The van der Waals surface area contributed by atoms with Crippen molar-refractivity contribution in [3.8, 4) is 0 Å². The Morgan fingerprint density at radius 3 is 2.60 bits per heavy atom. The molecule has 0 aromatic carbocycles. The van der Waals surface area contributed by atoms with Gasteiger partial charge in [-0.3, -0.25) is 0 Å². The zero-order valence-electron chi connectivity index (χ0n) is 10.5. The Morgan fingerprint density at radius 2 is 1.93 bits per heavy atom. The molecule has 1 aliphatic rings. The smallest absolute Gasteiger partial charge is 0.126 e. The molecule has 3 heteroatoms. The van der Waals surface area contributed by atoms with Gasteiger partial charge in [-0.1, -0.05) is 63.7 Å². The molecular formula is C12H27BrSi2. The fourth-order valence-electron chi connectivity index (χ4n) is 2.89. The second-order valence-electron chi connectivity index (χ2n) is 5.36. The van der Waals surface area contributed by atoms with E-state index in [2.05, 4.69) is 29.1 Å². The minimum Gasteiger partial charge on any atom is -0.126 e. The molecule has 2 unspecified atom stereocenters. The number of hydrogen-bond acceptors (Lipinski definition) is 0. The second kappa shape index (κ2) is 7.28. The minimum atomic E-state index is -0.896. The molecule has 0 saturated carbocycles. The second-order valence-corrected chi connectivity index (χ2v) is 18.2. The monoisotopic (exact) mass is 306 g/mol. The van der Waals surface area contributed by atoms with Gasteiger partial charge in [0.25, 0.3) is 0 Å². The van der Waals surface area contributed by atoms with Crippen molar-refractivity contribution in [2.45, 2.75) is 75.8 Å². The third-order valence-electron chi connectivity index (χ3n) is 3.84. The third kappa shape index (κ3) is 5.18. The molecule has 90 valence electrons. The summed E-state index contributed by atoms with van der Waals surface area (Å²) in [4.78, 5) is 0. The summed E-state index contributed by atoms with van der Waals surface area (Å²) in [6.07, 6.45) is 7.37. The summed E-state index contributed by atoms with van der Waals surface area (Å²) < 4.78 is 0. The molecule has 1 rings (SSSR count). The van der Waals surface area contributed by atoms with Crippen molar-refractivity contribution in [1.29, 1.82) is 0 Å². The number of hydrogen-bond donors (Lipinski definition) is 0. The van der Waals surface area contributed by atoms with E-state index in [4.69, 9.17) is 0 Å². The zero-order valence-corrected chi connectivity index (χ0v) is 14.3. The molecule has 1 aliphatic heterocycles. The largest absolute Gasteiger partial charge is 0.127 e. The van der Waals surface area contributed by atoms with Crippen LogP contribution in [0.2, 0.25) is 29.8 Å². The van der Waals surface area contributed by atoms with E-state index in [1.807, 2.05) is 0 Å². The van der Waals surface area contributed by atoms with Gasteiger partial charge in [-0.25, -0.2) is 0 Å². The van der Waals surface area contributed by atoms with E-state index in [0.29, 0.717) is 0 Å². The van der Waals surface area contributed by atoms with Crippen LogP contribution in [0.15, 0.2) is 0 Å². The van der Waals surface area contributed by atoms with Gasteiger partial charge in [-0.05, 0) is 12.1 Å². The van der Waals surface area contributed by atoms with Gasteiger partial charge in [0.05, 0.1) is 0 Å². The van der Waals surface area contributed by atoms with E-state index in [1.165, 1.54) is 25.7 Å². The SMILES string of the molecule is CCCC[SiH]1CCC[Si](Br)(CCCC)C1. The molecule has 1 saturated heterocycles. The van der Waals surface area contributed by atoms with Gasteiger partial charge in [-0.15, -0.1) is 15.3 Å². The van der Waals surface area contributed by atoms with Crippen molar-refractivity contribution in [3.63, 3.8) is 0 Å². The Hall–Kier alpha value is 0.914. The highest BCUT2D eigenvalue weighted by atomic mass is 79.9. The molecular weight excluding hydrogens is 280 g/mol. The van der Waals surface area contributed by atoms with Crippen molar-refractivity contribution in [3.05, 3.63) is 0 Å². The maximum absolute atomic E-state index is 4.20. The molecule has 0 spiro atoms. The Kier molecular flexibility index (Phi) is 6.78. The first-order valence-electron chi connectivity index (χ1n) is 6.89. The Balaban J connectivity index is 2.32. The van der Waals surface area contributed by atoms with Crippen molar-refractivity contribution in [2.24, 2.45) is 0 Å². The normalized spacial score (nSPS) is 31.8. The van der Waals surface area contributed by atoms with Crippen LogP contribution in [-0.2, 0) is 0 Å². The van der Waals surface area contributed by atoms with Crippen LogP contribution in [0.5, 0.6) is 0 Å². The maximum Gasteiger partial charge on any atom is 0.127 e. The van der Waals surface area contributed by atoms with Crippen LogP contribution in [0.25, 0.3) is 0 Å². The molecule has 0 radical (unpaired) electrons. The lowest BCUT2D eigenvalue weighted by Gasteiger charge is -2.34. The zero-order chi connectivity index (χ0) is 11.1. The van der Waals surface area contributed by atoms with E-state index in [1.54, 1.807) is 36.3 Å². The topological polar surface area (TPSA) is 0 Å². The summed E-state index contributed by atoms with van der Waals surface area (Å²) in [5, 5.41) is 0. The van der Waals surface area contributed by atoms with E-state index < -0.39 is 6.69 Å². The van der Waals surface area contributed by atoms with E-state index in [-0.39, 0.29) is 8.80 Å². The molecule has 0 aromatic heterocycles. The first-order valence-corrected chi connectivity index (χ1v) is 14.2. The van der Waals surface area contributed by atoms with E-state index in [0.717, 1.165) is 0 Å². The van der Waals surface area contributed by atoms with Gasteiger partial charge in [0, 0.05) is 8.80 Å². The first-order chi connectivity index (χ1) is 7.20. The Bertz CT molecular complexity index is 175. The van der Waals surface area contributed by atoms with Crippen LogP contribution in [0, 0.1) is 0 Å². The van der Waals surface area contributed by atoms with Gasteiger partial charge >= 0.3 is 0 Å². The van der Waals surface area contributed by atoms with Crippen LogP contribution in [0.3, 0.4) is 0 Å². The number of rotatable bonds is 6. The summed E-state index contributed by atoms with van der Waals surface area (Å²) in [6.45, 7) is 3.78. The van der Waals surface area contributed by atoms with Gasteiger partial charge < -0.3 is 0 Å². The van der Waals surface area contributed by atoms with Crippen LogP contribution >= 0.6 is 15.3 Å². The minimum absolute atomic E-state index is 0.297. The number of halogens is 1. The predicted octanol–water partition coefficient (Wildman–Crippen LogP) is 5.10. The lowest BCUT2D eigenvalue weighted by atomic mass is 10.4. The predicted molar refractivity (Wildman–Crippen MR) is 80.3 cm³/mol. The van der Waals surface area contributed by atoms with Crippen LogP contribution in [0.4, 0.5) is 0 Å². The van der Waals surface area contributed by atoms with E-state index in [9.17, 15) is 0 Å². The van der Waals surface area contributed by atoms with Crippen LogP contribution in [0.1, 0.15) is 46.0 Å². The molecule has 15 heavy (non-hydrogen) atoms. The van der Waals surface area contributed by atoms with Gasteiger partial charge in [0.1, 0.15) is 6.69 Å². The highest BCUT2D eigenvalue weighted by Gasteiger charge is 2.35. The molecule has 2 atom stereocenters. The summed E-state index contributed by atoms with van der Waals surface area (Å²) in [6, 6.07) is 6.46. The molecule has 0 N–H and O–H groups in total. The van der Waals surface area contributed by atoms with Gasteiger partial charge in [0.15, 0.2) is 0 Å². The Morgan fingerprint density at radius 1 is 1.20 bits per heavy atom. The van der Waals surface area contributed by atoms with Crippen molar-refractivity contribution < 1.29 is 0 Å². The molecule has 0 aliphatic carbocycles. The molecule has 0 nitrogen and oxygen atoms in total. The van der Waals surface area contributed by atoms with Crippen LogP contribution in [-0.4, -0.2) is 15.5 Å². The quantitative estimate of drug-likeness (QED) is 0.473. The molecule has 0 bridgehead atoms. The summed E-state index contributed by atoms with van der Waals surface area (Å²) >= 11 is 4.20. The highest BCUT2D eigenvalue weighted by Crippen LogP contribution is 2.39. The average Bonchev–Trinajstić information content (AvgIpc) is 2.24. The average molecular weight is 307 g/mol. The maximum atomic E-state index is 4.20. The van der Waals surface area contributed by atoms with Crippen LogP contribution < -0.4 is 0 Å². The molecule has 1 heterocycles. The van der Waals surface area contributed by atoms with Crippen molar-refractivity contribution >= 4 is 30.8 Å². The summed E-state index contributed by atoms with van der Waals surface area (Å²) in [5.41, 5.74) is 1.72. The Labute approximate surface area is 106 Å². The van der Waals surface area contributed by atoms with Crippen molar-refractivity contribution in [1.82, 2.24) is 0 Å². The lowest BCUT2D eigenvalue weighted by Crippen LogP contribution is -2.37. The van der Waals surface area contributed by atoms with E-state index >= 15 is 0 Å². The highest BCUT2D eigenvalue weighted by molar-refractivity contribution is 9.26. The van der Waals surface area contributed by atoms with Gasteiger partial charge in [0.2, 0.25) is 0 Å². The van der Waals surface area contributed by atoms with Crippen molar-refractivity contribution in [2.75, 3.05) is 0 Å². The molecule has 0 amide bonds. The lowest BCUT2D eigenvalue weighted by molar-refractivity contribution is 0.844. The fourth-order valence-corrected chi connectivity index (χ4v) is 20.6. The summed E-state index contributed by atoms with van der Waals surface area (Å²) in [5.74, 6) is 0. The van der Waals surface area contributed by atoms with Gasteiger partial charge in [-0.2, -0.15) is 0 Å².